The number of nitrogens with zero attached hydrogens (tertiary/aromatic N) is 1. The minimum atomic E-state index is -1.22. The first-order valence-electron chi connectivity index (χ1n) is 5.63. The van der Waals surface area contributed by atoms with E-state index in [4.69, 9.17) is 0 Å². The molecule has 1 saturated carbocycles. The topological polar surface area (TPSA) is 32.3 Å². The van der Waals surface area contributed by atoms with E-state index >= 15 is 0 Å². The van der Waals surface area contributed by atoms with E-state index in [9.17, 15) is 18.0 Å². The average Bonchev–Trinajstić information content (AvgIpc) is 3.14. The number of halogens is 4. The van der Waals surface area contributed by atoms with Gasteiger partial charge in [-0.1, -0.05) is 0 Å². The lowest BCUT2D eigenvalue weighted by Crippen LogP contribution is -2.40. The predicted octanol–water partition coefficient (Wildman–Crippen LogP) is 2.40. The second-order valence-electron chi connectivity index (χ2n) is 4.36. The van der Waals surface area contributed by atoms with Gasteiger partial charge in [0.25, 0.3) is 0 Å². The Morgan fingerprint density at radius 3 is 2.42 bits per heavy atom. The van der Waals surface area contributed by atoms with Crippen molar-refractivity contribution >= 4 is 18.3 Å². The standard InChI is InChI=1S/C12H13F3N2O.ClH/c1-17(12(18)7-2-3-7)16-6-8-4-10(14)11(15)5-9(8)13;/h4-5,7,16H,2-3,6H2,1H3;1H. The van der Waals surface area contributed by atoms with Crippen LogP contribution in [0.4, 0.5) is 13.2 Å². The molecule has 0 aliphatic heterocycles. The second kappa shape index (κ2) is 6.25. The molecule has 1 aromatic rings. The molecule has 1 aliphatic carbocycles. The first kappa shape index (κ1) is 15.8. The highest BCUT2D eigenvalue weighted by atomic mass is 35.5. The Balaban J connectivity index is 0.00000180. The van der Waals surface area contributed by atoms with Gasteiger partial charge < -0.3 is 0 Å². The largest absolute Gasteiger partial charge is 0.281 e. The van der Waals surface area contributed by atoms with Crippen molar-refractivity contribution in [2.24, 2.45) is 5.92 Å². The van der Waals surface area contributed by atoms with Crippen LogP contribution in [0, 0.1) is 23.4 Å². The summed E-state index contributed by atoms with van der Waals surface area (Å²) >= 11 is 0. The number of carbonyl (C=O) groups is 1. The van der Waals surface area contributed by atoms with Gasteiger partial charge in [0, 0.05) is 31.1 Å². The third-order valence-electron chi connectivity index (χ3n) is 2.85. The molecule has 0 unspecified atom stereocenters. The smallest absolute Gasteiger partial charge is 0.239 e. The maximum absolute atomic E-state index is 13.3. The first-order valence-corrected chi connectivity index (χ1v) is 5.63. The molecule has 1 aliphatic rings. The molecule has 3 nitrogen and oxygen atoms in total. The molecule has 0 aromatic heterocycles. The lowest BCUT2D eigenvalue weighted by molar-refractivity contribution is -0.134. The van der Waals surface area contributed by atoms with Gasteiger partial charge in [-0.05, 0) is 18.9 Å². The van der Waals surface area contributed by atoms with Crippen LogP contribution in [0.3, 0.4) is 0 Å². The van der Waals surface area contributed by atoms with Gasteiger partial charge >= 0.3 is 0 Å². The van der Waals surface area contributed by atoms with Crippen molar-refractivity contribution in [2.75, 3.05) is 7.05 Å². The van der Waals surface area contributed by atoms with Crippen LogP contribution in [-0.2, 0) is 11.3 Å². The number of hydrogen-bond donors (Lipinski definition) is 1. The maximum Gasteiger partial charge on any atom is 0.239 e. The van der Waals surface area contributed by atoms with Crippen LogP contribution in [0.1, 0.15) is 18.4 Å². The summed E-state index contributed by atoms with van der Waals surface area (Å²) < 4.78 is 38.9. The van der Waals surface area contributed by atoms with Gasteiger partial charge in [-0.2, -0.15) is 0 Å². The molecule has 19 heavy (non-hydrogen) atoms. The lowest BCUT2D eigenvalue weighted by Gasteiger charge is -2.18. The summed E-state index contributed by atoms with van der Waals surface area (Å²) in [7, 11) is 1.53. The van der Waals surface area contributed by atoms with Crippen molar-refractivity contribution < 1.29 is 18.0 Å². The van der Waals surface area contributed by atoms with Crippen LogP contribution in [0.25, 0.3) is 0 Å². The fraction of sp³-hybridized carbons (Fsp3) is 0.417. The van der Waals surface area contributed by atoms with Gasteiger partial charge in [-0.15, -0.1) is 12.4 Å². The molecule has 7 heteroatoms. The molecule has 0 atom stereocenters. The average molecular weight is 295 g/mol. The minimum Gasteiger partial charge on any atom is -0.281 e. The molecule has 106 valence electrons. The van der Waals surface area contributed by atoms with Crippen LogP contribution < -0.4 is 5.43 Å². The fourth-order valence-electron chi connectivity index (χ4n) is 1.59. The van der Waals surface area contributed by atoms with Crippen LogP contribution >= 0.6 is 12.4 Å². The number of hydrazine groups is 1. The summed E-state index contributed by atoms with van der Waals surface area (Å²) in [6.45, 7) is -0.0714. The van der Waals surface area contributed by atoms with E-state index in [1.807, 2.05) is 0 Å². The van der Waals surface area contributed by atoms with Crippen LogP contribution in [0.5, 0.6) is 0 Å². The summed E-state index contributed by atoms with van der Waals surface area (Å²) in [5.74, 6) is -3.20. The monoisotopic (exact) mass is 294 g/mol. The van der Waals surface area contributed by atoms with Crippen LogP contribution in [0.15, 0.2) is 12.1 Å². The third kappa shape index (κ3) is 3.84. The Bertz CT molecular complexity index is 480. The van der Waals surface area contributed by atoms with Gasteiger partial charge in [0.05, 0.1) is 0 Å². The minimum absolute atomic E-state index is 0. The molecule has 1 amide bonds. The highest BCUT2D eigenvalue weighted by Crippen LogP contribution is 2.30. The SMILES string of the molecule is CN(NCc1cc(F)c(F)cc1F)C(=O)C1CC1.Cl. The molecule has 1 fully saturated rings. The molecule has 1 aromatic carbocycles. The number of carbonyl (C=O) groups excluding carboxylic acids is 1. The highest BCUT2D eigenvalue weighted by molar-refractivity contribution is 5.85. The van der Waals surface area contributed by atoms with Crippen molar-refractivity contribution in [3.8, 4) is 0 Å². The van der Waals surface area contributed by atoms with E-state index in [-0.39, 0.29) is 36.3 Å². The maximum atomic E-state index is 13.3. The molecule has 1 N–H and O–H groups in total. The number of amides is 1. The van der Waals surface area contributed by atoms with Gasteiger partial charge in [-0.25, -0.2) is 18.6 Å². The Labute approximate surface area is 115 Å². The Morgan fingerprint density at radius 2 is 1.84 bits per heavy atom. The van der Waals surface area contributed by atoms with Crippen LogP contribution in [0.2, 0.25) is 0 Å². The summed E-state index contributed by atoms with van der Waals surface area (Å²) in [6, 6.07) is 1.28. The molecule has 0 radical (unpaired) electrons. The summed E-state index contributed by atoms with van der Waals surface area (Å²) in [4.78, 5) is 11.6. The van der Waals surface area contributed by atoms with Crippen molar-refractivity contribution in [3.05, 3.63) is 35.1 Å². The van der Waals surface area contributed by atoms with Crippen LogP contribution in [-0.4, -0.2) is 18.0 Å². The first-order chi connectivity index (χ1) is 8.49. The molecule has 0 spiro atoms. The zero-order valence-electron chi connectivity index (χ0n) is 10.3. The number of nitrogens with one attached hydrogen (secondary N) is 1. The predicted molar refractivity (Wildman–Crippen MR) is 65.9 cm³/mol. The van der Waals surface area contributed by atoms with Crippen molar-refractivity contribution in [1.82, 2.24) is 10.4 Å². The zero-order valence-corrected chi connectivity index (χ0v) is 11.1. The van der Waals surface area contributed by atoms with E-state index in [0.29, 0.717) is 6.07 Å². The van der Waals surface area contributed by atoms with E-state index in [1.165, 1.54) is 12.1 Å². The van der Waals surface area contributed by atoms with E-state index < -0.39 is 17.5 Å². The van der Waals surface area contributed by atoms with Gasteiger partial charge in [0.1, 0.15) is 5.82 Å². The highest BCUT2D eigenvalue weighted by Gasteiger charge is 2.32. The molecule has 0 heterocycles. The summed E-state index contributed by atoms with van der Waals surface area (Å²) in [5, 5.41) is 1.26. The van der Waals surface area contributed by atoms with Crippen molar-refractivity contribution in [1.29, 1.82) is 0 Å². The van der Waals surface area contributed by atoms with Gasteiger partial charge in [0.2, 0.25) is 5.91 Å². The molecule has 0 saturated heterocycles. The summed E-state index contributed by atoms with van der Waals surface area (Å²) in [5.41, 5.74) is 2.64. The normalized spacial score (nSPS) is 13.9. The number of benzene rings is 1. The molecular weight excluding hydrogens is 281 g/mol. The number of rotatable bonds is 4. The molecule has 0 bridgehead atoms. The van der Waals surface area contributed by atoms with E-state index in [0.717, 1.165) is 18.9 Å². The van der Waals surface area contributed by atoms with Crippen molar-refractivity contribution in [2.45, 2.75) is 19.4 Å². The zero-order chi connectivity index (χ0) is 13.3. The van der Waals surface area contributed by atoms with E-state index in [2.05, 4.69) is 5.43 Å². The van der Waals surface area contributed by atoms with Gasteiger partial charge in [-0.3, -0.25) is 9.80 Å². The van der Waals surface area contributed by atoms with E-state index in [1.54, 1.807) is 0 Å². The Kier molecular flexibility index (Phi) is 5.20. The quantitative estimate of drug-likeness (QED) is 0.683. The summed E-state index contributed by atoms with van der Waals surface area (Å²) in [6.07, 6.45) is 1.73. The lowest BCUT2D eigenvalue weighted by atomic mass is 10.2. The third-order valence-corrected chi connectivity index (χ3v) is 2.85. The van der Waals surface area contributed by atoms with Gasteiger partial charge in [0.15, 0.2) is 11.6 Å². The molecular formula is C12H14ClF3N2O. The number of hydrogen-bond acceptors (Lipinski definition) is 2. The Hall–Kier alpha value is -1.27. The second-order valence-corrected chi connectivity index (χ2v) is 4.36. The molecule has 2 rings (SSSR count). The fourth-order valence-corrected chi connectivity index (χ4v) is 1.59. The Morgan fingerprint density at radius 1 is 1.26 bits per heavy atom. The van der Waals surface area contributed by atoms with Crippen molar-refractivity contribution in [3.63, 3.8) is 0 Å².